The lowest BCUT2D eigenvalue weighted by atomic mass is 10.0. The van der Waals surface area contributed by atoms with Crippen molar-refractivity contribution in [2.75, 3.05) is 47.5 Å². The molecule has 0 amide bonds. The number of hydrogen-bond donors (Lipinski definition) is 2. The van der Waals surface area contributed by atoms with Crippen LogP contribution in [0, 0.1) is 0 Å². The Kier molecular flexibility index (Phi) is 34.0. The molecule has 3 atom stereocenters. The van der Waals surface area contributed by atoms with Crippen molar-refractivity contribution < 1.29 is 47.2 Å². The number of carbonyl (C=O) groups excluding carboxylic acids is 2. The number of ether oxygens (including phenoxy) is 2. The topological polar surface area (TPSA) is 129 Å². The molecule has 1 unspecified atom stereocenters. The van der Waals surface area contributed by atoms with Gasteiger partial charge in [-0.15, -0.1) is 0 Å². The quantitative estimate of drug-likeness (QED) is 0.0158. The predicted molar refractivity (Wildman–Crippen MR) is 221 cm³/mol. The Balaban J connectivity index is 4.57. The average molecular weight is 785 g/mol. The maximum Gasteiger partial charge on any atom is 0.472 e. The van der Waals surface area contributed by atoms with Gasteiger partial charge in [-0.3, -0.25) is 18.6 Å². The molecule has 314 valence electrons. The molecule has 0 aliphatic heterocycles. The lowest BCUT2D eigenvalue weighted by molar-refractivity contribution is -0.870. The van der Waals surface area contributed by atoms with Gasteiger partial charge in [-0.05, 0) is 44.9 Å². The van der Waals surface area contributed by atoms with E-state index in [1.54, 1.807) is 6.08 Å². The van der Waals surface area contributed by atoms with Crippen LogP contribution < -0.4 is 0 Å². The second kappa shape index (κ2) is 35.4. The lowest BCUT2D eigenvalue weighted by Gasteiger charge is -2.24. The van der Waals surface area contributed by atoms with Gasteiger partial charge in [-0.2, -0.15) is 0 Å². The molecule has 2 N–H and O–H groups in total. The molecule has 10 nitrogen and oxygen atoms in total. The third-order valence-corrected chi connectivity index (χ3v) is 9.68. The highest BCUT2D eigenvalue weighted by Crippen LogP contribution is 2.43. The molecule has 0 fully saturated rings. The molecule has 0 saturated carbocycles. The van der Waals surface area contributed by atoms with Crippen LogP contribution in [0.4, 0.5) is 0 Å². The fraction of sp³-hybridized carbons (Fsp3) is 0.767. The summed E-state index contributed by atoms with van der Waals surface area (Å²) in [7, 11) is 1.40. The van der Waals surface area contributed by atoms with Crippen molar-refractivity contribution in [2.24, 2.45) is 0 Å². The smallest absolute Gasteiger partial charge is 0.462 e. The number of unbranched alkanes of at least 4 members (excludes halogenated alkanes) is 15. The van der Waals surface area contributed by atoms with E-state index in [4.69, 9.17) is 18.5 Å². The molecule has 0 aliphatic rings. The van der Waals surface area contributed by atoms with Crippen LogP contribution in [0.1, 0.15) is 155 Å². The first-order valence-corrected chi connectivity index (χ1v) is 22.5. The van der Waals surface area contributed by atoms with Crippen molar-refractivity contribution in [1.82, 2.24) is 0 Å². The third kappa shape index (κ3) is 38.2. The summed E-state index contributed by atoms with van der Waals surface area (Å²) < 4.78 is 34.1. The van der Waals surface area contributed by atoms with Crippen molar-refractivity contribution in [3.63, 3.8) is 0 Å². The Bertz CT molecular complexity index is 1080. The minimum Gasteiger partial charge on any atom is -0.462 e. The van der Waals surface area contributed by atoms with E-state index in [9.17, 15) is 24.2 Å². The zero-order valence-electron chi connectivity index (χ0n) is 34.8. The fourth-order valence-corrected chi connectivity index (χ4v) is 6.07. The molecule has 0 radical (unpaired) electrons. The largest absolute Gasteiger partial charge is 0.472 e. The van der Waals surface area contributed by atoms with Crippen molar-refractivity contribution >= 4 is 19.8 Å². The van der Waals surface area contributed by atoms with Gasteiger partial charge in [-0.1, -0.05) is 146 Å². The van der Waals surface area contributed by atoms with Crippen LogP contribution in [0.3, 0.4) is 0 Å². The highest BCUT2D eigenvalue weighted by molar-refractivity contribution is 7.47. The van der Waals surface area contributed by atoms with Gasteiger partial charge in [-0.25, -0.2) is 4.57 Å². The van der Waals surface area contributed by atoms with E-state index in [0.29, 0.717) is 30.3 Å². The molecular formula is C43H79NO9P+. The van der Waals surface area contributed by atoms with Crippen molar-refractivity contribution in [1.29, 1.82) is 0 Å². The number of nitrogens with zero attached hydrogens (tertiary/aromatic N) is 1. The molecule has 0 heterocycles. The summed E-state index contributed by atoms with van der Waals surface area (Å²) in [5.74, 6) is -0.905. The maximum absolute atomic E-state index is 12.6. The number of allylic oxidation sites excluding steroid dienone is 6. The van der Waals surface area contributed by atoms with E-state index in [2.05, 4.69) is 19.9 Å². The molecule has 11 heteroatoms. The SMILES string of the molecule is CCCCC/C=C\C[C@H](O)/C=C/C=C\C/C=C\CCCC(=O)O[C@H](COC(=O)CCCCCCCCCCCCCC)COP(=O)(O)OCC[N+](C)(C)C. The van der Waals surface area contributed by atoms with Crippen LogP contribution >= 0.6 is 7.82 Å². The van der Waals surface area contributed by atoms with Gasteiger partial charge in [0.15, 0.2) is 6.10 Å². The average Bonchev–Trinajstić information content (AvgIpc) is 3.11. The van der Waals surface area contributed by atoms with Gasteiger partial charge in [0.05, 0.1) is 33.9 Å². The first-order chi connectivity index (χ1) is 25.9. The van der Waals surface area contributed by atoms with E-state index < -0.39 is 38.6 Å². The highest BCUT2D eigenvalue weighted by Gasteiger charge is 2.27. The zero-order valence-corrected chi connectivity index (χ0v) is 35.7. The molecule has 54 heavy (non-hydrogen) atoms. The van der Waals surface area contributed by atoms with Crippen LogP contribution in [-0.4, -0.2) is 86.1 Å². The number of carbonyl (C=O) groups is 2. The van der Waals surface area contributed by atoms with Gasteiger partial charge in [0.2, 0.25) is 0 Å². The van der Waals surface area contributed by atoms with E-state index >= 15 is 0 Å². The van der Waals surface area contributed by atoms with Crippen molar-refractivity contribution in [2.45, 2.75) is 167 Å². The summed E-state index contributed by atoms with van der Waals surface area (Å²) in [4.78, 5) is 35.2. The maximum atomic E-state index is 12.6. The number of hydrogen-bond acceptors (Lipinski definition) is 8. The summed E-state index contributed by atoms with van der Waals surface area (Å²) in [6.45, 7) is 4.22. The Morgan fingerprint density at radius 2 is 1.24 bits per heavy atom. The van der Waals surface area contributed by atoms with Gasteiger partial charge in [0, 0.05) is 12.8 Å². The fourth-order valence-electron chi connectivity index (χ4n) is 5.32. The van der Waals surface area contributed by atoms with E-state index in [1.807, 2.05) is 57.6 Å². The van der Waals surface area contributed by atoms with E-state index in [-0.39, 0.29) is 26.1 Å². The van der Waals surface area contributed by atoms with Gasteiger partial charge < -0.3 is 24.0 Å². The standard InChI is InChI=1S/C43H78NO9P/c1-6-8-10-12-14-15-16-17-18-22-26-30-34-42(46)50-38-41(39-52-54(48,49)51-37-36-44(3,4)5)53-43(47)35-31-27-23-20-19-21-25-29-33-40(45)32-28-24-13-11-9-7-2/h20-21,23-25,28-29,33,40-41,45H,6-19,22,26-27,30-32,34-39H2,1-5H3/p+1/b23-20-,25-21-,28-24-,33-29+/t40-,41+/m0/s1. The molecule has 0 rings (SSSR count). The molecule has 0 aromatic rings. The molecule has 0 bridgehead atoms. The molecule has 0 spiro atoms. The summed E-state index contributed by atoms with van der Waals surface area (Å²) in [6, 6.07) is 0. The summed E-state index contributed by atoms with van der Waals surface area (Å²) >= 11 is 0. The first-order valence-electron chi connectivity index (χ1n) is 21.0. The normalized spacial score (nSPS) is 14.7. The number of esters is 2. The Morgan fingerprint density at radius 1 is 0.667 bits per heavy atom. The minimum atomic E-state index is -4.40. The third-order valence-electron chi connectivity index (χ3n) is 8.69. The first kappa shape index (κ1) is 51.9. The number of phosphoric ester groups is 1. The van der Waals surface area contributed by atoms with Gasteiger partial charge in [0.25, 0.3) is 0 Å². The van der Waals surface area contributed by atoms with Gasteiger partial charge >= 0.3 is 19.8 Å². The predicted octanol–water partition coefficient (Wildman–Crippen LogP) is 10.5. The second-order valence-electron chi connectivity index (χ2n) is 15.2. The highest BCUT2D eigenvalue weighted by atomic mass is 31.2. The molecule has 0 aliphatic carbocycles. The number of quaternary nitrogens is 1. The molecule has 0 saturated heterocycles. The van der Waals surface area contributed by atoms with Crippen LogP contribution in [0.25, 0.3) is 0 Å². The minimum absolute atomic E-state index is 0.00995. The summed E-state index contributed by atoms with van der Waals surface area (Å²) in [5.41, 5.74) is 0. The lowest BCUT2D eigenvalue weighted by Crippen LogP contribution is -2.37. The zero-order chi connectivity index (χ0) is 40.2. The second-order valence-corrected chi connectivity index (χ2v) is 16.7. The van der Waals surface area contributed by atoms with E-state index in [0.717, 1.165) is 32.1 Å². The number of aliphatic hydroxyl groups is 1. The summed E-state index contributed by atoms with van der Waals surface area (Å²) in [6.07, 6.45) is 36.2. The van der Waals surface area contributed by atoms with Crippen molar-refractivity contribution in [3.8, 4) is 0 Å². The Morgan fingerprint density at radius 3 is 1.89 bits per heavy atom. The Labute approximate surface area is 329 Å². The number of rotatable bonds is 37. The van der Waals surface area contributed by atoms with E-state index in [1.165, 1.54) is 77.0 Å². The van der Waals surface area contributed by atoms with Crippen LogP contribution in [0.5, 0.6) is 0 Å². The number of likely N-dealkylation sites (N-methyl/N-ethyl adjacent to an activating group) is 1. The van der Waals surface area contributed by atoms with Crippen LogP contribution in [0.2, 0.25) is 0 Å². The van der Waals surface area contributed by atoms with Gasteiger partial charge in [0.1, 0.15) is 19.8 Å². The Hall–Kier alpha value is -2.07. The summed E-state index contributed by atoms with van der Waals surface area (Å²) in [5, 5.41) is 10.0. The number of phosphoric acid groups is 1. The van der Waals surface area contributed by atoms with Crippen LogP contribution in [-0.2, 0) is 32.7 Å². The number of aliphatic hydroxyl groups excluding tert-OH is 1. The molecule has 0 aromatic heterocycles. The monoisotopic (exact) mass is 785 g/mol. The van der Waals surface area contributed by atoms with Crippen LogP contribution in [0.15, 0.2) is 48.6 Å². The molecular weight excluding hydrogens is 705 g/mol. The van der Waals surface area contributed by atoms with Crippen molar-refractivity contribution in [3.05, 3.63) is 48.6 Å². The molecule has 0 aromatic carbocycles.